The van der Waals surface area contributed by atoms with E-state index in [1.54, 1.807) is 30.6 Å². The number of hydrogen-bond donors (Lipinski definition) is 3. The van der Waals surface area contributed by atoms with E-state index in [1.165, 1.54) is 29.0 Å². The summed E-state index contributed by atoms with van der Waals surface area (Å²) in [7, 11) is 0. The van der Waals surface area contributed by atoms with Crippen molar-refractivity contribution in [1.29, 1.82) is 0 Å². The van der Waals surface area contributed by atoms with Gasteiger partial charge in [0.2, 0.25) is 6.29 Å². The standard InChI is InChI=1S/C27H30N6O8S2.2ClH/c1-4-17(5-2)41-27(37)40-14(3)39-25(36)21-16(9-8-15-7-6-10-29-11-15)12-42-24-20(23(35)33(21)24)31-22(34)19(32-38)18-13-43-26(28)30-18;;/h6-11,13-14,17,20,24,38H,4-5,12H2,1-3H3,(H2,28,30)(H,31,34);2*1H/b9-8-,32-19-;;/t14?,20-,24-;;/m1../s1. The number of ether oxygens (including phenoxy) is 3. The quantitative estimate of drug-likeness (QED) is 0.0767. The number of rotatable bonds is 11. The first-order valence-electron chi connectivity index (χ1n) is 13.2. The predicted molar refractivity (Wildman–Crippen MR) is 172 cm³/mol. The number of nitrogen functional groups attached to an aromatic ring is 1. The topological polar surface area (TPSA) is 196 Å². The lowest BCUT2D eigenvalue weighted by atomic mass is 10.0. The van der Waals surface area contributed by atoms with E-state index in [4.69, 9.17) is 19.9 Å². The van der Waals surface area contributed by atoms with Gasteiger partial charge in [-0.2, -0.15) is 0 Å². The molecule has 0 aliphatic carbocycles. The third-order valence-electron chi connectivity index (χ3n) is 6.43. The molecule has 4 heterocycles. The van der Waals surface area contributed by atoms with Gasteiger partial charge in [-0.3, -0.25) is 19.5 Å². The van der Waals surface area contributed by atoms with Crippen LogP contribution in [0.15, 0.2) is 52.4 Å². The monoisotopic (exact) mass is 702 g/mol. The van der Waals surface area contributed by atoms with Crippen LogP contribution in [-0.4, -0.2) is 79.3 Å². The van der Waals surface area contributed by atoms with Crippen molar-refractivity contribution in [2.24, 2.45) is 5.16 Å². The summed E-state index contributed by atoms with van der Waals surface area (Å²) in [6.45, 7) is 5.08. The number of allylic oxidation sites excluding steroid dienone is 1. The molecule has 1 fully saturated rings. The zero-order valence-corrected chi connectivity index (χ0v) is 27.5. The Morgan fingerprint density at radius 1 is 1.22 bits per heavy atom. The number of thioether (sulfide) groups is 1. The maximum absolute atomic E-state index is 13.4. The summed E-state index contributed by atoms with van der Waals surface area (Å²) in [4.78, 5) is 61.0. The molecule has 18 heteroatoms. The Morgan fingerprint density at radius 2 is 1.96 bits per heavy atom. The van der Waals surface area contributed by atoms with E-state index in [0.29, 0.717) is 18.4 Å². The Balaban J connectivity index is 0.00000353. The van der Waals surface area contributed by atoms with Gasteiger partial charge in [0.05, 0.1) is 0 Å². The number of nitrogens with one attached hydrogen (secondary N) is 1. The number of carbonyl (C=O) groups excluding carboxylic acids is 4. The number of carbonyl (C=O) groups is 4. The average Bonchev–Trinajstić information content (AvgIpc) is 3.43. The maximum atomic E-state index is 13.4. The van der Waals surface area contributed by atoms with Crippen LogP contribution in [0.1, 0.15) is 44.9 Å². The second-order valence-corrected chi connectivity index (χ2v) is 11.3. The zero-order valence-electron chi connectivity index (χ0n) is 24.3. The minimum atomic E-state index is -1.32. The average molecular weight is 704 g/mol. The van der Waals surface area contributed by atoms with Gasteiger partial charge in [0, 0.05) is 30.5 Å². The highest BCUT2D eigenvalue weighted by Gasteiger charge is 2.54. The summed E-state index contributed by atoms with van der Waals surface area (Å²) in [6.07, 6.45) is 5.21. The minimum Gasteiger partial charge on any atom is -0.431 e. The van der Waals surface area contributed by atoms with Crippen molar-refractivity contribution in [1.82, 2.24) is 20.2 Å². The van der Waals surface area contributed by atoms with Crippen molar-refractivity contribution in [3.8, 4) is 0 Å². The fraction of sp³-hybridized carbons (Fsp3) is 0.370. The molecule has 1 saturated heterocycles. The van der Waals surface area contributed by atoms with E-state index in [-0.39, 0.29) is 53.2 Å². The van der Waals surface area contributed by atoms with Gasteiger partial charge in [0.15, 0.2) is 10.8 Å². The van der Waals surface area contributed by atoms with Crippen molar-refractivity contribution < 1.29 is 38.6 Å². The summed E-state index contributed by atoms with van der Waals surface area (Å²) in [5.41, 5.74) is 6.41. The number of hydrogen-bond acceptors (Lipinski definition) is 14. The fourth-order valence-corrected chi connectivity index (χ4v) is 6.10. The van der Waals surface area contributed by atoms with E-state index in [1.807, 2.05) is 19.9 Å². The van der Waals surface area contributed by atoms with Crippen LogP contribution in [0, 0.1) is 0 Å². The Bertz CT molecular complexity index is 1470. The molecule has 2 aliphatic heterocycles. The van der Waals surface area contributed by atoms with Gasteiger partial charge in [0.1, 0.15) is 28.9 Å². The number of halogens is 2. The van der Waals surface area contributed by atoms with Gasteiger partial charge in [-0.15, -0.1) is 47.9 Å². The van der Waals surface area contributed by atoms with Gasteiger partial charge >= 0.3 is 12.1 Å². The lowest BCUT2D eigenvalue weighted by Crippen LogP contribution is -2.71. The van der Waals surface area contributed by atoms with Gasteiger partial charge < -0.3 is 30.5 Å². The largest absolute Gasteiger partial charge is 0.511 e. The second kappa shape index (κ2) is 17.0. The molecule has 2 aromatic heterocycles. The molecule has 4 N–H and O–H groups in total. The molecule has 2 aromatic rings. The molecule has 3 atom stereocenters. The van der Waals surface area contributed by atoms with Crippen LogP contribution < -0.4 is 11.1 Å². The first kappa shape index (κ1) is 37.3. The number of esters is 1. The number of amides is 2. The molecule has 1 unspecified atom stereocenters. The van der Waals surface area contributed by atoms with E-state index in [0.717, 1.165) is 16.9 Å². The summed E-state index contributed by atoms with van der Waals surface area (Å²) in [5.74, 6) is -2.08. The van der Waals surface area contributed by atoms with Crippen LogP contribution >= 0.6 is 47.9 Å². The van der Waals surface area contributed by atoms with Gasteiger partial charge in [0.25, 0.3) is 11.8 Å². The molecule has 0 spiro atoms. The zero-order chi connectivity index (χ0) is 31.1. The van der Waals surface area contributed by atoms with E-state index < -0.39 is 47.4 Å². The minimum absolute atomic E-state index is 0. The molecule has 2 amide bonds. The lowest BCUT2D eigenvalue weighted by Gasteiger charge is -2.49. The highest BCUT2D eigenvalue weighted by atomic mass is 35.5. The Morgan fingerprint density at radius 3 is 2.56 bits per heavy atom. The first-order chi connectivity index (χ1) is 20.7. The van der Waals surface area contributed by atoms with Gasteiger partial charge in [-0.05, 0) is 30.0 Å². The fourth-order valence-electron chi connectivity index (χ4n) is 4.24. The molecule has 14 nitrogen and oxygen atoms in total. The van der Waals surface area contributed by atoms with Crippen LogP contribution in [0.5, 0.6) is 0 Å². The maximum Gasteiger partial charge on any atom is 0.511 e. The third-order valence-corrected chi connectivity index (χ3v) is 8.40. The van der Waals surface area contributed by atoms with Crippen LogP contribution in [-0.2, 0) is 28.6 Å². The van der Waals surface area contributed by atoms with Crippen molar-refractivity contribution in [3.05, 3.63) is 58.5 Å². The number of fused-ring (bicyclic) bond motifs is 1. The van der Waals surface area contributed by atoms with Crippen molar-refractivity contribution in [2.75, 3.05) is 11.5 Å². The van der Waals surface area contributed by atoms with E-state index in [9.17, 15) is 24.4 Å². The van der Waals surface area contributed by atoms with Gasteiger partial charge in [-0.25, -0.2) is 14.6 Å². The number of nitrogens with zero attached hydrogens (tertiary/aromatic N) is 4. The number of oxime groups is 1. The van der Waals surface area contributed by atoms with E-state index >= 15 is 0 Å². The number of thiazole rings is 1. The molecular weight excluding hydrogens is 671 g/mol. The molecule has 45 heavy (non-hydrogen) atoms. The Kier molecular flexibility index (Phi) is 14.1. The van der Waals surface area contributed by atoms with Crippen LogP contribution in [0.4, 0.5) is 9.93 Å². The molecule has 2 aliphatic rings. The third kappa shape index (κ3) is 8.87. The number of aromatic nitrogens is 2. The molecule has 0 saturated carbocycles. The molecule has 244 valence electrons. The van der Waals surface area contributed by atoms with Gasteiger partial charge in [-0.1, -0.05) is 37.2 Å². The summed E-state index contributed by atoms with van der Waals surface area (Å²) < 4.78 is 15.7. The van der Waals surface area contributed by atoms with E-state index in [2.05, 4.69) is 20.4 Å². The number of β-lactam (4-membered cyclic amide) rings is 1. The molecular formula is C27H32Cl2N6O8S2. The number of pyridine rings is 1. The summed E-state index contributed by atoms with van der Waals surface area (Å²) in [5, 5.41) is 15.9. The normalized spacial score (nSPS) is 18.3. The van der Waals surface area contributed by atoms with Crippen LogP contribution in [0.2, 0.25) is 0 Å². The highest BCUT2D eigenvalue weighted by molar-refractivity contribution is 8.00. The Labute approximate surface area is 279 Å². The summed E-state index contributed by atoms with van der Waals surface area (Å²) in [6, 6.07) is 2.53. The van der Waals surface area contributed by atoms with Crippen molar-refractivity contribution in [3.63, 3.8) is 0 Å². The summed E-state index contributed by atoms with van der Waals surface area (Å²) >= 11 is 2.36. The lowest BCUT2D eigenvalue weighted by molar-refractivity contribution is -0.169. The Hall–Kier alpha value is -3.86. The number of nitrogens with two attached hydrogens (primary N) is 1. The molecule has 0 aromatic carbocycles. The number of anilines is 1. The van der Waals surface area contributed by atoms with Crippen molar-refractivity contribution in [2.45, 2.75) is 57.4 Å². The highest BCUT2D eigenvalue weighted by Crippen LogP contribution is 2.41. The second-order valence-electron chi connectivity index (χ2n) is 9.27. The smallest absolute Gasteiger partial charge is 0.431 e. The molecule has 0 radical (unpaired) electrons. The SMILES string of the molecule is CCC(CC)OC(=O)OC(C)OC(=O)C1=C(/C=C\c2cccnc2)CS[C@@H]2[C@H](NC(=O)/C(=N\O)c3csc(N)n3)C(=O)N12.Cl.Cl. The predicted octanol–water partition coefficient (Wildman–Crippen LogP) is 3.74. The van der Waals surface area contributed by atoms with Crippen LogP contribution in [0.25, 0.3) is 6.08 Å². The van der Waals surface area contributed by atoms with Crippen molar-refractivity contribution >= 4 is 88.8 Å². The first-order valence-corrected chi connectivity index (χ1v) is 15.2. The molecule has 4 rings (SSSR count). The molecule has 0 bridgehead atoms. The van der Waals surface area contributed by atoms with Crippen LogP contribution in [0.3, 0.4) is 0 Å².